The van der Waals surface area contributed by atoms with Crippen molar-refractivity contribution in [3.63, 3.8) is 0 Å². The molecule has 1 heterocycles. The Balaban J connectivity index is 0.00000128. The Kier molecular flexibility index (Phi) is 5.26. The van der Waals surface area contributed by atoms with Crippen LogP contribution in [0.2, 0.25) is 0 Å². The van der Waals surface area contributed by atoms with Crippen molar-refractivity contribution in [1.82, 2.24) is 10.2 Å². The van der Waals surface area contributed by atoms with E-state index in [1.54, 1.807) is 0 Å². The molecule has 1 aliphatic rings. The number of nitrogens with one attached hydrogen (secondary N) is 1. The van der Waals surface area contributed by atoms with Crippen LogP contribution >= 0.6 is 12.4 Å². The molecule has 0 aromatic heterocycles. The smallest absolute Gasteiger partial charge is 0.0240 e. The number of hydrogen-bond donors (Lipinski definition) is 1. The molecule has 3 heteroatoms. The van der Waals surface area contributed by atoms with Gasteiger partial charge >= 0.3 is 0 Å². The quantitative estimate of drug-likeness (QED) is 0.854. The Bertz CT molecular complexity index is 292. The van der Waals surface area contributed by atoms with Gasteiger partial charge in [0.25, 0.3) is 0 Å². The molecule has 1 aromatic carbocycles. The Labute approximate surface area is 104 Å². The van der Waals surface area contributed by atoms with Crippen LogP contribution < -0.4 is 5.32 Å². The molecule has 2 rings (SSSR count). The summed E-state index contributed by atoms with van der Waals surface area (Å²) >= 11 is 0. The van der Waals surface area contributed by atoms with Crippen LogP contribution in [0.5, 0.6) is 0 Å². The summed E-state index contributed by atoms with van der Waals surface area (Å²) in [6.45, 7) is 7.89. The fourth-order valence-corrected chi connectivity index (χ4v) is 2.28. The normalized spacial score (nSPS) is 26.1. The number of halogens is 1. The molecule has 90 valence electrons. The number of hydrogen-bond acceptors (Lipinski definition) is 2. The number of piperazine rings is 1. The lowest BCUT2D eigenvalue weighted by molar-refractivity contribution is 0.109. The van der Waals surface area contributed by atoms with E-state index >= 15 is 0 Å². The van der Waals surface area contributed by atoms with Gasteiger partial charge in [-0.25, -0.2) is 0 Å². The van der Waals surface area contributed by atoms with Gasteiger partial charge in [-0.1, -0.05) is 30.3 Å². The SMILES string of the molecule is C[C@@H]1CNC[C@H](C)N1Cc1ccccc1.Cl. The van der Waals surface area contributed by atoms with Crippen LogP contribution in [0.15, 0.2) is 30.3 Å². The molecule has 0 unspecified atom stereocenters. The average molecular weight is 241 g/mol. The van der Waals surface area contributed by atoms with E-state index in [4.69, 9.17) is 0 Å². The first-order valence-electron chi connectivity index (χ1n) is 5.78. The van der Waals surface area contributed by atoms with Crippen LogP contribution in [-0.4, -0.2) is 30.1 Å². The van der Waals surface area contributed by atoms with E-state index in [0.717, 1.165) is 19.6 Å². The van der Waals surface area contributed by atoms with Crippen molar-refractivity contribution in [3.05, 3.63) is 35.9 Å². The minimum absolute atomic E-state index is 0. The molecule has 1 saturated heterocycles. The van der Waals surface area contributed by atoms with Crippen molar-refractivity contribution < 1.29 is 0 Å². The maximum Gasteiger partial charge on any atom is 0.0240 e. The van der Waals surface area contributed by atoms with Gasteiger partial charge in [-0.05, 0) is 19.4 Å². The second-order valence-corrected chi connectivity index (χ2v) is 4.51. The average Bonchev–Trinajstić information content (AvgIpc) is 2.25. The summed E-state index contributed by atoms with van der Waals surface area (Å²) in [5.41, 5.74) is 1.41. The van der Waals surface area contributed by atoms with E-state index in [0.29, 0.717) is 12.1 Å². The molecule has 1 aromatic rings. The van der Waals surface area contributed by atoms with Gasteiger partial charge in [0.2, 0.25) is 0 Å². The number of benzene rings is 1. The monoisotopic (exact) mass is 240 g/mol. The van der Waals surface area contributed by atoms with Crippen molar-refractivity contribution in [2.24, 2.45) is 0 Å². The van der Waals surface area contributed by atoms with Gasteiger partial charge in [0, 0.05) is 31.7 Å². The van der Waals surface area contributed by atoms with E-state index in [9.17, 15) is 0 Å². The van der Waals surface area contributed by atoms with E-state index in [2.05, 4.69) is 54.4 Å². The Morgan fingerprint density at radius 1 is 1.12 bits per heavy atom. The van der Waals surface area contributed by atoms with Gasteiger partial charge < -0.3 is 5.32 Å². The zero-order valence-corrected chi connectivity index (χ0v) is 10.8. The van der Waals surface area contributed by atoms with Crippen LogP contribution in [0, 0.1) is 0 Å². The molecule has 2 nitrogen and oxygen atoms in total. The lowest BCUT2D eigenvalue weighted by Crippen LogP contribution is -2.54. The highest BCUT2D eigenvalue weighted by atomic mass is 35.5. The molecule has 1 aliphatic heterocycles. The van der Waals surface area contributed by atoms with E-state index < -0.39 is 0 Å². The van der Waals surface area contributed by atoms with Crippen LogP contribution in [-0.2, 0) is 6.54 Å². The van der Waals surface area contributed by atoms with Crippen LogP contribution in [0.3, 0.4) is 0 Å². The number of nitrogens with zero attached hydrogens (tertiary/aromatic N) is 1. The Hall–Kier alpha value is -0.570. The lowest BCUT2D eigenvalue weighted by atomic mass is 10.1. The first kappa shape index (κ1) is 13.5. The molecule has 16 heavy (non-hydrogen) atoms. The topological polar surface area (TPSA) is 15.3 Å². The van der Waals surface area contributed by atoms with Crippen molar-refractivity contribution in [1.29, 1.82) is 0 Å². The molecule has 1 fully saturated rings. The van der Waals surface area contributed by atoms with Crippen molar-refractivity contribution in [2.75, 3.05) is 13.1 Å². The Morgan fingerprint density at radius 3 is 2.25 bits per heavy atom. The highest BCUT2D eigenvalue weighted by molar-refractivity contribution is 5.85. The fraction of sp³-hybridized carbons (Fsp3) is 0.538. The summed E-state index contributed by atoms with van der Waals surface area (Å²) in [5.74, 6) is 0. The summed E-state index contributed by atoms with van der Waals surface area (Å²) < 4.78 is 0. The molecule has 0 saturated carbocycles. The van der Waals surface area contributed by atoms with Crippen LogP contribution in [0.4, 0.5) is 0 Å². The van der Waals surface area contributed by atoms with Gasteiger partial charge in [0.05, 0.1) is 0 Å². The standard InChI is InChI=1S/C13H20N2.ClH/c1-11-8-14-9-12(2)15(11)10-13-6-4-3-5-7-13;/h3-7,11-12,14H,8-10H2,1-2H3;1H/t11-,12+;. The second-order valence-electron chi connectivity index (χ2n) is 4.51. The minimum atomic E-state index is 0. The molecule has 2 atom stereocenters. The summed E-state index contributed by atoms with van der Waals surface area (Å²) in [5, 5.41) is 3.46. The van der Waals surface area contributed by atoms with E-state index in [1.165, 1.54) is 5.56 Å². The molecule has 0 radical (unpaired) electrons. The molecular weight excluding hydrogens is 220 g/mol. The van der Waals surface area contributed by atoms with Crippen molar-refractivity contribution >= 4 is 12.4 Å². The van der Waals surface area contributed by atoms with E-state index in [-0.39, 0.29) is 12.4 Å². The fourth-order valence-electron chi connectivity index (χ4n) is 2.28. The molecule has 0 aliphatic carbocycles. The molecule has 1 N–H and O–H groups in total. The van der Waals surface area contributed by atoms with Crippen molar-refractivity contribution in [3.8, 4) is 0 Å². The predicted octanol–water partition coefficient (Wildman–Crippen LogP) is 2.29. The highest BCUT2D eigenvalue weighted by Gasteiger charge is 2.23. The third-order valence-electron chi connectivity index (χ3n) is 3.22. The van der Waals surface area contributed by atoms with Gasteiger partial charge in [0.15, 0.2) is 0 Å². The van der Waals surface area contributed by atoms with Gasteiger partial charge in [-0.15, -0.1) is 12.4 Å². The second kappa shape index (κ2) is 6.24. The van der Waals surface area contributed by atoms with Crippen molar-refractivity contribution in [2.45, 2.75) is 32.5 Å². The van der Waals surface area contributed by atoms with Gasteiger partial charge in [0.1, 0.15) is 0 Å². The first-order valence-corrected chi connectivity index (χ1v) is 5.78. The zero-order valence-electron chi connectivity index (χ0n) is 10.0. The lowest BCUT2D eigenvalue weighted by Gasteiger charge is -2.39. The molecule has 0 spiro atoms. The maximum absolute atomic E-state index is 3.46. The number of rotatable bonds is 2. The maximum atomic E-state index is 3.46. The summed E-state index contributed by atoms with van der Waals surface area (Å²) in [6.07, 6.45) is 0. The summed E-state index contributed by atoms with van der Waals surface area (Å²) in [4.78, 5) is 2.58. The molecule has 0 bridgehead atoms. The third-order valence-corrected chi connectivity index (χ3v) is 3.22. The molecule has 0 amide bonds. The minimum Gasteiger partial charge on any atom is -0.314 e. The van der Waals surface area contributed by atoms with Crippen LogP contribution in [0.25, 0.3) is 0 Å². The highest BCUT2D eigenvalue weighted by Crippen LogP contribution is 2.14. The van der Waals surface area contributed by atoms with Crippen LogP contribution in [0.1, 0.15) is 19.4 Å². The van der Waals surface area contributed by atoms with Gasteiger partial charge in [-0.2, -0.15) is 0 Å². The summed E-state index contributed by atoms with van der Waals surface area (Å²) in [6, 6.07) is 12.0. The largest absolute Gasteiger partial charge is 0.314 e. The van der Waals surface area contributed by atoms with E-state index in [1.807, 2.05) is 0 Å². The summed E-state index contributed by atoms with van der Waals surface area (Å²) in [7, 11) is 0. The van der Waals surface area contributed by atoms with Gasteiger partial charge in [-0.3, -0.25) is 4.90 Å². The predicted molar refractivity (Wildman–Crippen MR) is 71.0 cm³/mol. The third kappa shape index (κ3) is 3.21. The Morgan fingerprint density at radius 2 is 1.69 bits per heavy atom. The first-order chi connectivity index (χ1) is 7.27. The zero-order chi connectivity index (χ0) is 10.7. The molecular formula is C13H21ClN2.